The molecule has 2 atom stereocenters. The summed E-state index contributed by atoms with van der Waals surface area (Å²) in [7, 11) is 0. The Morgan fingerprint density at radius 3 is 2.82 bits per heavy atom. The minimum atomic E-state index is 0.0213. The number of carbonyl (C=O) groups excluding carboxylic acids is 1. The van der Waals surface area contributed by atoms with Crippen molar-refractivity contribution in [3.05, 3.63) is 40.9 Å². The van der Waals surface area contributed by atoms with Crippen LogP contribution in [0, 0.1) is 11.8 Å². The second-order valence-corrected chi connectivity index (χ2v) is 8.50. The first-order valence-electron chi connectivity index (χ1n) is 10.4. The van der Waals surface area contributed by atoms with Gasteiger partial charge in [0.1, 0.15) is 6.20 Å². The number of H-pyrrole nitrogens is 2. The van der Waals surface area contributed by atoms with Gasteiger partial charge in [-0.05, 0) is 31.2 Å². The molecule has 28 heavy (non-hydrogen) atoms. The predicted molar refractivity (Wildman–Crippen MR) is 108 cm³/mol. The molecule has 0 aromatic carbocycles. The van der Waals surface area contributed by atoms with E-state index in [-0.39, 0.29) is 17.4 Å². The van der Waals surface area contributed by atoms with Crippen molar-refractivity contribution >= 4 is 27.8 Å². The van der Waals surface area contributed by atoms with Crippen molar-refractivity contribution in [1.82, 2.24) is 14.5 Å². The van der Waals surface area contributed by atoms with E-state index < -0.39 is 0 Å². The summed E-state index contributed by atoms with van der Waals surface area (Å²) in [5.74, 6) is 0.988. The Morgan fingerprint density at radius 2 is 2.00 bits per heavy atom. The molecule has 2 N–H and O–H groups in total. The number of aromatic amines is 2. The van der Waals surface area contributed by atoms with Gasteiger partial charge in [0.05, 0.1) is 28.5 Å². The number of piperidine rings is 1. The van der Waals surface area contributed by atoms with E-state index >= 15 is 0 Å². The van der Waals surface area contributed by atoms with E-state index in [0.29, 0.717) is 17.2 Å². The number of nitrogens with zero attached hydrogens (tertiary/aromatic N) is 2. The zero-order valence-corrected chi connectivity index (χ0v) is 16.3. The highest BCUT2D eigenvalue weighted by Gasteiger charge is 2.34. The number of rotatable bonds is 2. The van der Waals surface area contributed by atoms with Gasteiger partial charge in [0.2, 0.25) is 5.91 Å². The molecule has 146 valence electrons. The van der Waals surface area contributed by atoms with Gasteiger partial charge in [-0.25, -0.2) is 9.97 Å². The number of amides is 1. The van der Waals surface area contributed by atoms with Crippen LogP contribution < -0.4 is 10.4 Å². The number of carbonyl (C=O) groups is 1. The lowest BCUT2D eigenvalue weighted by Crippen LogP contribution is -2.46. The molecular weight excluding hydrogens is 352 g/mol. The third-order valence-corrected chi connectivity index (χ3v) is 6.82. The van der Waals surface area contributed by atoms with Gasteiger partial charge in [-0.3, -0.25) is 9.59 Å². The number of nitrogens with one attached hydrogen (secondary N) is 2. The van der Waals surface area contributed by atoms with Gasteiger partial charge in [0, 0.05) is 31.3 Å². The number of hydrogen-bond donors (Lipinski definition) is 1. The largest absolute Gasteiger partial charge is 0.341 e. The fourth-order valence-electron chi connectivity index (χ4n) is 5.14. The molecule has 4 heterocycles. The van der Waals surface area contributed by atoms with Gasteiger partial charge in [-0.2, -0.15) is 0 Å². The van der Waals surface area contributed by atoms with Crippen LogP contribution in [0.25, 0.3) is 21.9 Å². The van der Waals surface area contributed by atoms with E-state index in [1.54, 1.807) is 12.3 Å². The average molecular weight is 379 g/mol. The fraction of sp³-hybridized carbons (Fsp3) is 0.500. The topological polar surface area (TPSA) is 72.2 Å². The number of pyridine rings is 2. The molecule has 0 spiro atoms. The summed E-state index contributed by atoms with van der Waals surface area (Å²) >= 11 is 0. The van der Waals surface area contributed by atoms with Crippen molar-refractivity contribution < 1.29 is 9.78 Å². The van der Waals surface area contributed by atoms with Crippen LogP contribution >= 0.6 is 0 Å². The van der Waals surface area contributed by atoms with Gasteiger partial charge in [-0.1, -0.05) is 19.8 Å². The fourth-order valence-corrected chi connectivity index (χ4v) is 5.14. The average Bonchev–Trinajstić information content (AvgIpc) is 3.40. The smallest absolute Gasteiger partial charge is 0.286 e. The molecule has 1 saturated heterocycles. The van der Waals surface area contributed by atoms with Crippen molar-refractivity contribution in [1.29, 1.82) is 0 Å². The Morgan fingerprint density at radius 1 is 1.18 bits per heavy atom. The minimum Gasteiger partial charge on any atom is -0.341 e. The Kier molecular flexibility index (Phi) is 4.22. The quantitative estimate of drug-likeness (QED) is 0.744. The third kappa shape index (κ3) is 2.74. The molecule has 2 aliphatic rings. The second kappa shape index (κ2) is 6.76. The summed E-state index contributed by atoms with van der Waals surface area (Å²) in [6.45, 7) is 3.83. The summed E-state index contributed by atoms with van der Waals surface area (Å²) < 4.78 is 2.24. The number of hydrogen-bond acceptors (Lipinski definition) is 2. The molecule has 2 unspecified atom stereocenters. The first-order chi connectivity index (χ1) is 13.6. The lowest BCUT2D eigenvalue weighted by Gasteiger charge is -2.39. The van der Waals surface area contributed by atoms with Gasteiger partial charge < -0.3 is 9.47 Å². The van der Waals surface area contributed by atoms with Crippen LogP contribution in [0.4, 0.5) is 0 Å². The van der Waals surface area contributed by atoms with Crippen molar-refractivity contribution in [2.75, 3.05) is 13.1 Å². The zero-order valence-electron chi connectivity index (χ0n) is 16.3. The highest BCUT2D eigenvalue weighted by molar-refractivity contribution is 6.00. The maximum atomic E-state index is 13.0. The number of aromatic nitrogens is 3. The Balaban J connectivity index is 1.58. The Hall–Kier alpha value is -2.63. The molecule has 2 fully saturated rings. The molecule has 0 radical (unpaired) electrons. The van der Waals surface area contributed by atoms with Crippen molar-refractivity contribution in [2.45, 2.75) is 45.1 Å². The SMILES string of the molecule is CC1CCN(C(=O)C2CCCC2)CC1n1ccc(=O)c2c[nH+]c3[nH]ccc3c21. The summed E-state index contributed by atoms with van der Waals surface area (Å²) in [5, 5.41) is 1.71. The number of fused-ring (bicyclic) bond motifs is 3. The van der Waals surface area contributed by atoms with E-state index in [0.717, 1.165) is 48.9 Å². The molecule has 1 saturated carbocycles. The van der Waals surface area contributed by atoms with Crippen LogP contribution in [-0.2, 0) is 4.79 Å². The molecule has 6 heteroatoms. The lowest BCUT2D eigenvalue weighted by molar-refractivity contribution is -0.345. The van der Waals surface area contributed by atoms with Crippen LogP contribution in [0.1, 0.15) is 45.1 Å². The normalized spacial score (nSPS) is 23.7. The van der Waals surface area contributed by atoms with Crippen molar-refractivity contribution in [2.24, 2.45) is 11.8 Å². The van der Waals surface area contributed by atoms with Gasteiger partial charge in [0.25, 0.3) is 5.65 Å². The molecule has 1 amide bonds. The summed E-state index contributed by atoms with van der Waals surface area (Å²) in [6.07, 6.45) is 11.0. The molecule has 1 aliphatic heterocycles. The van der Waals surface area contributed by atoms with Gasteiger partial charge in [-0.15, -0.1) is 0 Å². The molecule has 5 rings (SSSR count). The van der Waals surface area contributed by atoms with Gasteiger partial charge in [0.15, 0.2) is 5.43 Å². The maximum Gasteiger partial charge on any atom is 0.286 e. The Labute approximate surface area is 163 Å². The molecule has 3 aromatic heterocycles. The standard InChI is InChI=1S/C22H26N4O2/c1-14-7-10-25(22(28)15-4-2-3-5-15)13-18(14)26-11-8-19(27)17-12-24-21-16(20(17)26)6-9-23-21/h6,8-9,11-12,14-15,18H,2-5,7,10,13H2,1H3,(H,23,24)/p+1. The second-order valence-electron chi connectivity index (χ2n) is 8.50. The predicted octanol–water partition coefficient (Wildman–Crippen LogP) is 2.90. The van der Waals surface area contributed by atoms with Crippen molar-refractivity contribution in [3.63, 3.8) is 0 Å². The highest BCUT2D eigenvalue weighted by atomic mass is 16.2. The minimum absolute atomic E-state index is 0.0213. The summed E-state index contributed by atoms with van der Waals surface area (Å²) in [6, 6.07) is 3.83. The highest BCUT2D eigenvalue weighted by Crippen LogP contribution is 2.34. The third-order valence-electron chi connectivity index (χ3n) is 6.82. The van der Waals surface area contributed by atoms with Crippen LogP contribution in [0.5, 0.6) is 0 Å². The molecule has 0 bridgehead atoms. The van der Waals surface area contributed by atoms with E-state index in [1.807, 2.05) is 18.5 Å². The van der Waals surface area contributed by atoms with E-state index in [9.17, 15) is 9.59 Å². The first kappa shape index (κ1) is 17.5. The van der Waals surface area contributed by atoms with Crippen LogP contribution in [0.15, 0.2) is 35.5 Å². The molecule has 1 aliphatic carbocycles. The van der Waals surface area contributed by atoms with Crippen LogP contribution in [0.3, 0.4) is 0 Å². The molecule has 3 aromatic rings. The Bertz CT molecular complexity index is 1090. The van der Waals surface area contributed by atoms with Crippen LogP contribution in [-0.4, -0.2) is 33.4 Å². The molecular formula is C22H27N4O2+. The van der Waals surface area contributed by atoms with Crippen molar-refractivity contribution in [3.8, 4) is 0 Å². The molecule has 6 nitrogen and oxygen atoms in total. The van der Waals surface area contributed by atoms with E-state index in [4.69, 9.17) is 0 Å². The zero-order chi connectivity index (χ0) is 19.3. The van der Waals surface area contributed by atoms with Crippen LogP contribution in [0.2, 0.25) is 0 Å². The van der Waals surface area contributed by atoms with Gasteiger partial charge >= 0.3 is 0 Å². The summed E-state index contributed by atoms with van der Waals surface area (Å²) in [4.78, 5) is 34.0. The first-order valence-corrected chi connectivity index (χ1v) is 10.4. The summed E-state index contributed by atoms with van der Waals surface area (Å²) in [5.41, 5.74) is 1.89. The monoisotopic (exact) mass is 379 g/mol. The number of likely N-dealkylation sites (tertiary alicyclic amines) is 1. The van der Waals surface area contributed by atoms with E-state index in [2.05, 4.69) is 26.4 Å². The van der Waals surface area contributed by atoms with E-state index in [1.165, 1.54) is 12.8 Å². The maximum absolute atomic E-state index is 13.0. The lowest BCUT2D eigenvalue weighted by atomic mass is 9.91.